The van der Waals surface area contributed by atoms with Crippen molar-refractivity contribution in [2.24, 2.45) is 0 Å². The Hall–Kier alpha value is -1.88. The number of rotatable bonds is 7. The summed E-state index contributed by atoms with van der Waals surface area (Å²) in [4.78, 5) is 2.17. The van der Waals surface area contributed by atoms with Crippen LogP contribution in [-0.2, 0) is 11.3 Å². The summed E-state index contributed by atoms with van der Waals surface area (Å²) in [7, 11) is 1.67. The van der Waals surface area contributed by atoms with Crippen molar-refractivity contribution < 1.29 is 4.74 Å². The molecule has 0 aliphatic carbocycles. The highest BCUT2D eigenvalue weighted by Gasteiger charge is 2.05. The summed E-state index contributed by atoms with van der Waals surface area (Å²) in [5.41, 5.74) is 1.81. The molecule has 0 spiro atoms. The molecule has 0 aliphatic rings. The predicted octanol–water partition coefficient (Wildman–Crippen LogP) is 1.92. The van der Waals surface area contributed by atoms with Gasteiger partial charge in [-0.2, -0.15) is 10.5 Å². The Morgan fingerprint density at radius 2 is 1.89 bits per heavy atom. The molecule has 0 aromatic heterocycles. The van der Waals surface area contributed by atoms with E-state index < -0.39 is 0 Å². The van der Waals surface area contributed by atoms with Crippen LogP contribution in [0.3, 0.4) is 0 Å². The predicted molar refractivity (Wildman–Crippen MR) is 68.5 cm³/mol. The van der Waals surface area contributed by atoms with E-state index in [1.165, 1.54) is 0 Å². The molecule has 0 aliphatic heterocycles. The summed E-state index contributed by atoms with van der Waals surface area (Å²) >= 11 is 0. The van der Waals surface area contributed by atoms with Crippen LogP contribution in [0.4, 0.5) is 0 Å². The van der Waals surface area contributed by atoms with Gasteiger partial charge in [0.1, 0.15) is 0 Å². The van der Waals surface area contributed by atoms with Gasteiger partial charge in [-0.15, -0.1) is 0 Å². The van der Waals surface area contributed by atoms with Crippen LogP contribution in [0.5, 0.6) is 0 Å². The van der Waals surface area contributed by atoms with Gasteiger partial charge in [0.25, 0.3) is 0 Å². The number of methoxy groups -OCH3 is 1. The molecular formula is C14H17N3O. The number of nitrogens with zero attached hydrogens (tertiary/aromatic N) is 3. The lowest BCUT2D eigenvalue weighted by Gasteiger charge is -2.20. The summed E-state index contributed by atoms with van der Waals surface area (Å²) in [6, 6.07) is 11.8. The molecule has 0 unspecified atom stereocenters. The quantitative estimate of drug-likeness (QED) is 0.734. The van der Waals surface area contributed by atoms with Gasteiger partial charge in [0, 0.05) is 33.2 Å². The Morgan fingerprint density at radius 1 is 1.17 bits per heavy atom. The summed E-state index contributed by atoms with van der Waals surface area (Å²) in [5, 5.41) is 17.4. The number of benzene rings is 1. The van der Waals surface area contributed by atoms with Crippen LogP contribution in [0.15, 0.2) is 24.3 Å². The number of ether oxygens (including phenoxy) is 1. The zero-order chi connectivity index (χ0) is 13.2. The fraction of sp³-hybridized carbons (Fsp3) is 0.429. The Morgan fingerprint density at radius 3 is 2.44 bits per heavy atom. The first-order valence-electron chi connectivity index (χ1n) is 5.87. The molecule has 0 saturated heterocycles. The molecule has 94 valence electrons. The van der Waals surface area contributed by atoms with Crippen LogP contribution in [0.25, 0.3) is 0 Å². The lowest BCUT2D eigenvalue weighted by atomic mass is 10.1. The minimum Gasteiger partial charge on any atom is -0.383 e. The van der Waals surface area contributed by atoms with E-state index >= 15 is 0 Å². The highest BCUT2D eigenvalue weighted by molar-refractivity contribution is 5.31. The first-order chi connectivity index (χ1) is 8.80. The summed E-state index contributed by atoms with van der Waals surface area (Å²) < 4.78 is 5.06. The van der Waals surface area contributed by atoms with E-state index in [9.17, 15) is 0 Å². The second-order valence-electron chi connectivity index (χ2n) is 3.99. The van der Waals surface area contributed by atoms with Crippen molar-refractivity contribution in [3.8, 4) is 12.1 Å². The smallest absolute Gasteiger partial charge is 0.0991 e. The third-order valence-electron chi connectivity index (χ3n) is 2.64. The molecule has 1 aromatic carbocycles. The van der Waals surface area contributed by atoms with Crippen LogP contribution >= 0.6 is 0 Å². The van der Waals surface area contributed by atoms with Crippen LogP contribution in [-0.4, -0.2) is 31.7 Å². The maximum absolute atomic E-state index is 8.73. The normalized spacial score (nSPS) is 10.0. The van der Waals surface area contributed by atoms with E-state index in [1.807, 2.05) is 24.3 Å². The van der Waals surface area contributed by atoms with Gasteiger partial charge in [-0.3, -0.25) is 4.90 Å². The van der Waals surface area contributed by atoms with Gasteiger partial charge in [0.15, 0.2) is 0 Å². The average molecular weight is 243 g/mol. The van der Waals surface area contributed by atoms with Gasteiger partial charge in [0.2, 0.25) is 0 Å². The molecule has 1 aromatic rings. The summed E-state index contributed by atoms with van der Waals surface area (Å²) in [6.07, 6.45) is 0.514. The molecule has 0 fully saturated rings. The monoisotopic (exact) mass is 243 g/mol. The Kier molecular flexibility index (Phi) is 6.50. The molecule has 0 bridgehead atoms. The van der Waals surface area contributed by atoms with E-state index in [-0.39, 0.29) is 0 Å². The first kappa shape index (κ1) is 14.2. The highest BCUT2D eigenvalue weighted by Crippen LogP contribution is 2.07. The van der Waals surface area contributed by atoms with E-state index in [1.54, 1.807) is 7.11 Å². The van der Waals surface area contributed by atoms with Gasteiger partial charge >= 0.3 is 0 Å². The third kappa shape index (κ3) is 4.97. The maximum atomic E-state index is 8.73. The SMILES string of the molecule is COCCN(CCC#N)Cc1ccc(C#N)cc1. The lowest BCUT2D eigenvalue weighted by Crippen LogP contribution is -2.27. The molecule has 0 amide bonds. The Labute approximate surface area is 108 Å². The van der Waals surface area contributed by atoms with Crippen molar-refractivity contribution in [2.45, 2.75) is 13.0 Å². The third-order valence-corrected chi connectivity index (χ3v) is 2.64. The van der Waals surface area contributed by atoms with Crippen molar-refractivity contribution in [1.29, 1.82) is 10.5 Å². The Bertz CT molecular complexity index is 428. The summed E-state index contributed by atoms with van der Waals surface area (Å²) in [5.74, 6) is 0. The molecular weight excluding hydrogens is 226 g/mol. The maximum Gasteiger partial charge on any atom is 0.0991 e. The van der Waals surface area contributed by atoms with E-state index in [4.69, 9.17) is 15.3 Å². The zero-order valence-electron chi connectivity index (χ0n) is 10.6. The standard InChI is InChI=1S/C14H17N3O/c1-18-10-9-17(8-2-7-15)12-14-5-3-13(11-16)4-6-14/h3-6H,2,8-10,12H2,1H3. The van der Waals surface area contributed by atoms with Crippen molar-refractivity contribution in [3.63, 3.8) is 0 Å². The number of nitriles is 2. The van der Waals surface area contributed by atoms with E-state index in [2.05, 4.69) is 17.0 Å². The number of hydrogen-bond acceptors (Lipinski definition) is 4. The highest BCUT2D eigenvalue weighted by atomic mass is 16.5. The molecule has 0 atom stereocenters. The molecule has 1 rings (SSSR count). The Balaban J connectivity index is 2.57. The number of hydrogen-bond donors (Lipinski definition) is 0. The average Bonchev–Trinajstić information content (AvgIpc) is 2.42. The van der Waals surface area contributed by atoms with E-state index in [0.717, 1.165) is 25.2 Å². The minimum atomic E-state index is 0.514. The fourth-order valence-corrected chi connectivity index (χ4v) is 1.64. The molecule has 0 heterocycles. The van der Waals surface area contributed by atoms with Crippen molar-refractivity contribution >= 4 is 0 Å². The van der Waals surface area contributed by atoms with Gasteiger partial charge in [-0.1, -0.05) is 12.1 Å². The molecule has 0 saturated carbocycles. The van der Waals surface area contributed by atoms with Crippen molar-refractivity contribution in [1.82, 2.24) is 4.90 Å². The van der Waals surface area contributed by atoms with Crippen LogP contribution < -0.4 is 0 Å². The fourth-order valence-electron chi connectivity index (χ4n) is 1.64. The largest absolute Gasteiger partial charge is 0.383 e. The molecule has 4 heteroatoms. The molecule has 18 heavy (non-hydrogen) atoms. The van der Waals surface area contributed by atoms with Crippen LogP contribution in [0, 0.1) is 22.7 Å². The van der Waals surface area contributed by atoms with Crippen molar-refractivity contribution in [3.05, 3.63) is 35.4 Å². The van der Waals surface area contributed by atoms with Gasteiger partial charge < -0.3 is 4.74 Å². The van der Waals surface area contributed by atoms with Gasteiger partial charge in [-0.25, -0.2) is 0 Å². The lowest BCUT2D eigenvalue weighted by molar-refractivity contribution is 0.145. The van der Waals surface area contributed by atoms with Crippen LogP contribution in [0.1, 0.15) is 17.5 Å². The molecule has 4 nitrogen and oxygen atoms in total. The summed E-state index contributed by atoms with van der Waals surface area (Å²) in [6.45, 7) is 2.97. The molecule has 0 N–H and O–H groups in total. The first-order valence-corrected chi connectivity index (χ1v) is 5.87. The zero-order valence-corrected chi connectivity index (χ0v) is 10.6. The second-order valence-corrected chi connectivity index (χ2v) is 3.99. The second kappa shape index (κ2) is 8.25. The van der Waals surface area contributed by atoms with Crippen LogP contribution in [0.2, 0.25) is 0 Å². The molecule has 0 radical (unpaired) electrons. The van der Waals surface area contributed by atoms with E-state index in [0.29, 0.717) is 18.6 Å². The van der Waals surface area contributed by atoms with Gasteiger partial charge in [-0.05, 0) is 17.7 Å². The topological polar surface area (TPSA) is 60.0 Å². The van der Waals surface area contributed by atoms with Crippen molar-refractivity contribution in [2.75, 3.05) is 26.8 Å². The minimum absolute atomic E-state index is 0.514. The van der Waals surface area contributed by atoms with Gasteiger partial charge in [0.05, 0.1) is 24.3 Å².